The zero-order chi connectivity index (χ0) is 4.24. The van der Waals surface area contributed by atoms with Crippen molar-refractivity contribution in [2.24, 2.45) is 0 Å². The summed E-state index contributed by atoms with van der Waals surface area (Å²) in [6.07, 6.45) is 3.50. The molecule has 0 aliphatic carbocycles. The van der Waals surface area contributed by atoms with Crippen LogP contribution in [0.15, 0.2) is 30.6 Å². The van der Waals surface area contributed by atoms with Crippen molar-refractivity contribution in [3.8, 4) is 0 Å². The molecule has 1 aromatic heterocycles. The molecule has 36 valence electrons. The first kappa shape index (κ1) is 6.80. The molecule has 0 aliphatic rings. The molecule has 1 nitrogen and oxygen atoms in total. The zero-order valence-electron chi connectivity index (χ0n) is 3.67. The maximum Gasteiger partial charge on any atom is 3.00 e. The number of nitrogens with zero attached hydrogens (tertiary/aromatic N) is 1. The van der Waals surface area contributed by atoms with E-state index in [2.05, 4.69) is 4.98 Å². The summed E-state index contributed by atoms with van der Waals surface area (Å²) in [5, 5.41) is 0. The van der Waals surface area contributed by atoms with Gasteiger partial charge in [0, 0.05) is 12.4 Å². The van der Waals surface area contributed by atoms with Crippen LogP contribution in [0.5, 0.6) is 0 Å². The fourth-order valence-corrected chi connectivity index (χ4v) is 0.313. The summed E-state index contributed by atoms with van der Waals surface area (Å²) in [4.78, 5) is 3.78. The second-order valence-corrected chi connectivity index (χ2v) is 1.02. The van der Waals surface area contributed by atoms with Crippen LogP contribution in [0.2, 0.25) is 0 Å². The summed E-state index contributed by atoms with van der Waals surface area (Å²) >= 11 is 0. The van der Waals surface area contributed by atoms with Gasteiger partial charge in [0.05, 0.1) is 0 Å². The van der Waals surface area contributed by atoms with Crippen LogP contribution in [0.25, 0.3) is 0 Å². The number of aromatic nitrogens is 1. The van der Waals surface area contributed by atoms with Crippen LogP contribution in [0.4, 0.5) is 0 Å². The molecular weight excluding hydrogens is 266 g/mol. The molecule has 0 bridgehead atoms. The topological polar surface area (TPSA) is 12.9 Å². The number of pyridine rings is 1. The van der Waals surface area contributed by atoms with E-state index in [1.807, 2.05) is 18.2 Å². The zero-order valence-corrected chi connectivity index (χ0v) is 6.06. The quantitative estimate of drug-likeness (QED) is 0.688. The smallest absolute Gasteiger partial charge is 0.265 e. The second kappa shape index (κ2) is 3.97. The summed E-state index contributed by atoms with van der Waals surface area (Å²) in [6.45, 7) is 0. The van der Waals surface area contributed by atoms with Crippen LogP contribution < -0.4 is 0 Å². The fourth-order valence-electron chi connectivity index (χ4n) is 0.313. The fraction of sp³-hybridized carbons (Fsp3) is 0. The average molecular weight is 271 g/mol. The van der Waals surface area contributed by atoms with E-state index < -0.39 is 0 Å². The Balaban J connectivity index is 0.000000360. The molecular formula is C5H5IrN+3. The van der Waals surface area contributed by atoms with Crippen molar-refractivity contribution in [2.45, 2.75) is 0 Å². The van der Waals surface area contributed by atoms with Gasteiger partial charge in [0.25, 0.3) is 0 Å². The minimum absolute atomic E-state index is 0. The molecule has 0 saturated heterocycles. The third-order valence-electron chi connectivity index (χ3n) is 0.566. The Kier molecular flexibility index (Phi) is 3.86. The molecule has 0 atom stereocenters. The van der Waals surface area contributed by atoms with Gasteiger partial charge in [0.15, 0.2) is 0 Å². The first-order valence-electron chi connectivity index (χ1n) is 1.85. The SMILES string of the molecule is [Ir+3].c1ccncc1. The first-order chi connectivity index (χ1) is 3.00. The Bertz CT molecular complexity index is 80.0. The first-order valence-corrected chi connectivity index (χ1v) is 1.85. The standard InChI is InChI=1S/C5H5N.Ir/c1-2-4-6-5-3-1;/h1-5H;/q;+3. The molecule has 0 fully saturated rings. The van der Waals surface area contributed by atoms with Crippen molar-refractivity contribution >= 4 is 0 Å². The maximum atomic E-state index is 3.78. The van der Waals surface area contributed by atoms with Gasteiger partial charge in [-0.15, -0.1) is 0 Å². The van der Waals surface area contributed by atoms with E-state index in [-0.39, 0.29) is 20.1 Å². The second-order valence-electron chi connectivity index (χ2n) is 1.02. The van der Waals surface area contributed by atoms with Crippen LogP contribution in [0.3, 0.4) is 0 Å². The third-order valence-corrected chi connectivity index (χ3v) is 0.566. The van der Waals surface area contributed by atoms with Crippen LogP contribution in [-0.2, 0) is 20.1 Å². The van der Waals surface area contributed by atoms with Crippen molar-refractivity contribution in [3.63, 3.8) is 0 Å². The minimum Gasteiger partial charge on any atom is -0.265 e. The van der Waals surface area contributed by atoms with E-state index in [4.69, 9.17) is 0 Å². The summed E-state index contributed by atoms with van der Waals surface area (Å²) < 4.78 is 0. The van der Waals surface area contributed by atoms with Gasteiger partial charge in [0.1, 0.15) is 0 Å². The predicted molar refractivity (Wildman–Crippen MR) is 24.2 cm³/mol. The predicted octanol–water partition coefficient (Wildman–Crippen LogP) is 1.08. The Morgan fingerprint density at radius 3 is 1.57 bits per heavy atom. The van der Waals surface area contributed by atoms with Gasteiger partial charge in [-0.1, -0.05) is 6.07 Å². The summed E-state index contributed by atoms with van der Waals surface area (Å²) in [7, 11) is 0. The number of hydrogen-bond donors (Lipinski definition) is 0. The average Bonchev–Trinajstić information content (AvgIpc) is 1.72. The minimum atomic E-state index is 0. The van der Waals surface area contributed by atoms with Gasteiger partial charge in [-0.25, -0.2) is 0 Å². The molecule has 1 aromatic rings. The van der Waals surface area contributed by atoms with Crippen LogP contribution in [0, 0.1) is 0 Å². The molecule has 1 heterocycles. The van der Waals surface area contributed by atoms with Crippen molar-refractivity contribution in [1.29, 1.82) is 0 Å². The van der Waals surface area contributed by atoms with Crippen LogP contribution in [0.1, 0.15) is 0 Å². The molecule has 0 amide bonds. The Morgan fingerprint density at radius 2 is 1.43 bits per heavy atom. The van der Waals surface area contributed by atoms with Gasteiger partial charge in [-0.3, -0.25) is 4.98 Å². The molecule has 0 N–H and O–H groups in total. The third kappa shape index (κ3) is 2.49. The normalized spacial score (nSPS) is 6.86. The molecule has 0 aromatic carbocycles. The van der Waals surface area contributed by atoms with Crippen molar-refractivity contribution in [1.82, 2.24) is 4.98 Å². The Hall–Kier alpha value is -0.201. The number of rotatable bonds is 0. The van der Waals surface area contributed by atoms with Gasteiger partial charge in [-0.2, -0.15) is 0 Å². The summed E-state index contributed by atoms with van der Waals surface area (Å²) in [5.41, 5.74) is 0. The van der Waals surface area contributed by atoms with E-state index in [1.54, 1.807) is 12.4 Å². The Labute approximate surface area is 56.1 Å². The molecule has 0 radical (unpaired) electrons. The molecule has 1 rings (SSSR count). The van der Waals surface area contributed by atoms with E-state index in [9.17, 15) is 0 Å². The van der Waals surface area contributed by atoms with Gasteiger partial charge < -0.3 is 0 Å². The van der Waals surface area contributed by atoms with E-state index in [1.165, 1.54) is 0 Å². The van der Waals surface area contributed by atoms with E-state index in [0.29, 0.717) is 0 Å². The molecule has 0 spiro atoms. The largest absolute Gasteiger partial charge is 3.00 e. The summed E-state index contributed by atoms with van der Waals surface area (Å²) in [6, 6.07) is 5.72. The van der Waals surface area contributed by atoms with Gasteiger partial charge in [-0.05, 0) is 12.1 Å². The molecule has 0 saturated carbocycles. The summed E-state index contributed by atoms with van der Waals surface area (Å²) in [5.74, 6) is 0. The van der Waals surface area contributed by atoms with Crippen molar-refractivity contribution in [2.75, 3.05) is 0 Å². The molecule has 2 heteroatoms. The van der Waals surface area contributed by atoms with Crippen LogP contribution in [-0.4, -0.2) is 4.98 Å². The van der Waals surface area contributed by atoms with Crippen molar-refractivity contribution < 1.29 is 20.1 Å². The van der Waals surface area contributed by atoms with Crippen molar-refractivity contribution in [3.05, 3.63) is 30.6 Å². The molecule has 0 aliphatic heterocycles. The number of hydrogen-bond acceptors (Lipinski definition) is 1. The Morgan fingerprint density at radius 1 is 0.857 bits per heavy atom. The maximum absolute atomic E-state index is 3.78. The van der Waals surface area contributed by atoms with E-state index >= 15 is 0 Å². The van der Waals surface area contributed by atoms with Crippen LogP contribution >= 0.6 is 0 Å². The van der Waals surface area contributed by atoms with E-state index in [0.717, 1.165) is 0 Å². The molecule has 7 heavy (non-hydrogen) atoms. The monoisotopic (exact) mass is 272 g/mol. The molecule has 0 unspecified atom stereocenters. The van der Waals surface area contributed by atoms with Gasteiger partial charge >= 0.3 is 20.1 Å². The van der Waals surface area contributed by atoms with Gasteiger partial charge in [0.2, 0.25) is 0 Å².